The molecule has 0 aliphatic heterocycles. The first kappa shape index (κ1) is 23.2. The summed E-state index contributed by atoms with van der Waals surface area (Å²) in [7, 11) is 1.49. The number of fused-ring (bicyclic) bond motifs is 2. The molecule has 0 aliphatic carbocycles. The summed E-state index contributed by atoms with van der Waals surface area (Å²) in [6.07, 6.45) is 4.82. The van der Waals surface area contributed by atoms with Crippen LogP contribution in [0.3, 0.4) is 0 Å². The summed E-state index contributed by atoms with van der Waals surface area (Å²) >= 11 is 7.36. The van der Waals surface area contributed by atoms with Crippen LogP contribution in [-0.2, 0) is 4.74 Å². The number of hydrogen-bond donors (Lipinski definition) is 1. The average Bonchev–Trinajstić information content (AvgIpc) is 3.22. The number of methoxy groups -OCH3 is 1. The number of ether oxygens (including phenoxy) is 1. The Kier molecular flexibility index (Phi) is 7.12. The van der Waals surface area contributed by atoms with Crippen LogP contribution in [-0.4, -0.2) is 21.6 Å². The van der Waals surface area contributed by atoms with Gasteiger partial charge in [0.15, 0.2) is 0 Å². The van der Waals surface area contributed by atoms with E-state index in [9.17, 15) is 9.59 Å². The van der Waals surface area contributed by atoms with E-state index in [2.05, 4.69) is 23.1 Å². The third-order valence-corrected chi connectivity index (χ3v) is 5.95. The molecule has 164 valence electrons. The first-order valence-corrected chi connectivity index (χ1v) is 11.0. The van der Waals surface area contributed by atoms with Crippen molar-refractivity contribution in [3.8, 4) is 5.69 Å². The van der Waals surface area contributed by atoms with Gasteiger partial charge in [-0.1, -0.05) is 62.9 Å². The fourth-order valence-corrected chi connectivity index (χ4v) is 4.44. The quantitative estimate of drug-likeness (QED) is 0.305. The fraction of sp³-hybridized carbons (Fsp3) is 0.125. The Labute approximate surface area is 193 Å². The molecule has 0 saturated heterocycles. The van der Waals surface area contributed by atoms with Crippen LogP contribution >= 0.6 is 22.9 Å². The number of rotatable bonds is 5. The van der Waals surface area contributed by atoms with Crippen molar-refractivity contribution >= 4 is 49.5 Å². The number of nitrogens with one attached hydrogen (secondary N) is 1. The Morgan fingerprint density at radius 1 is 1.22 bits per heavy atom. The van der Waals surface area contributed by atoms with Gasteiger partial charge in [0.25, 0.3) is 5.56 Å². The van der Waals surface area contributed by atoms with E-state index in [-0.39, 0.29) is 5.03 Å². The Balaban J connectivity index is 0.00000141. The van der Waals surface area contributed by atoms with Crippen molar-refractivity contribution in [1.82, 2.24) is 14.5 Å². The van der Waals surface area contributed by atoms with Gasteiger partial charge < -0.3 is 9.72 Å². The molecule has 0 fully saturated rings. The van der Waals surface area contributed by atoms with Gasteiger partial charge in [0.05, 0.1) is 24.5 Å². The number of nitrogens with zero attached hydrogens (tertiary/aromatic N) is 2. The topological polar surface area (TPSA) is 77.0 Å². The highest BCUT2D eigenvalue weighted by Gasteiger charge is 2.17. The molecule has 4 rings (SSSR count). The molecular weight excluding hydrogens is 446 g/mol. The van der Waals surface area contributed by atoms with Crippen LogP contribution in [0.4, 0.5) is 0 Å². The van der Waals surface area contributed by atoms with E-state index in [1.54, 1.807) is 18.3 Å². The number of aromatic nitrogens is 3. The van der Waals surface area contributed by atoms with E-state index < -0.39 is 11.2 Å². The number of allylic oxidation sites excluding steroid dienone is 3. The van der Waals surface area contributed by atoms with Crippen LogP contribution in [0, 0.1) is 0 Å². The molecule has 4 aromatic rings. The maximum absolute atomic E-state index is 13.3. The van der Waals surface area contributed by atoms with Gasteiger partial charge in [-0.2, -0.15) is 0 Å². The van der Waals surface area contributed by atoms with Crippen molar-refractivity contribution in [1.29, 1.82) is 0 Å². The minimum absolute atomic E-state index is 0.265. The van der Waals surface area contributed by atoms with Gasteiger partial charge in [-0.3, -0.25) is 9.78 Å². The summed E-state index contributed by atoms with van der Waals surface area (Å²) in [5.41, 5.74) is 0.408. The minimum atomic E-state index is -0.550. The first-order valence-electron chi connectivity index (χ1n) is 9.82. The van der Waals surface area contributed by atoms with Crippen LogP contribution in [0.1, 0.15) is 18.7 Å². The lowest BCUT2D eigenvalue weighted by Crippen LogP contribution is -2.33. The zero-order chi connectivity index (χ0) is 23.4. The third kappa shape index (κ3) is 4.30. The van der Waals surface area contributed by atoms with Crippen LogP contribution in [0.15, 0.2) is 82.3 Å². The molecule has 1 aromatic carbocycles. The second kappa shape index (κ2) is 9.80. The van der Waals surface area contributed by atoms with Crippen LogP contribution in [0.2, 0.25) is 0 Å². The monoisotopic (exact) mass is 467 g/mol. The molecule has 1 N–H and O–H groups in total. The minimum Gasteiger partial charge on any atom is -0.497 e. The predicted octanol–water partition coefficient (Wildman–Crippen LogP) is 5.61. The van der Waals surface area contributed by atoms with E-state index in [1.165, 1.54) is 24.6 Å². The molecule has 0 bridgehead atoms. The van der Waals surface area contributed by atoms with Crippen molar-refractivity contribution in [3.63, 3.8) is 0 Å². The maximum atomic E-state index is 13.3. The van der Waals surface area contributed by atoms with Gasteiger partial charge in [-0.25, -0.2) is 9.36 Å². The number of pyridine rings is 1. The molecule has 0 amide bonds. The van der Waals surface area contributed by atoms with E-state index in [0.717, 1.165) is 15.3 Å². The molecule has 0 atom stereocenters. The largest absolute Gasteiger partial charge is 0.497 e. The second-order valence-corrected chi connectivity index (χ2v) is 7.95. The lowest BCUT2D eigenvalue weighted by atomic mass is 10.1. The summed E-state index contributed by atoms with van der Waals surface area (Å²) in [4.78, 5) is 33.7. The molecule has 32 heavy (non-hydrogen) atoms. The number of thiophene rings is 1. The molecule has 0 aliphatic rings. The van der Waals surface area contributed by atoms with Gasteiger partial charge >= 0.3 is 5.69 Å². The molecule has 3 heterocycles. The lowest BCUT2D eigenvalue weighted by Gasteiger charge is -2.07. The fourth-order valence-electron chi connectivity index (χ4n) is 3.14. The Morgan fingerprint density at radius 2 is 1.94 bits per heavy atom. The highest BCUT2D eigenvalue weighted by molar-refractivity contribution is 7.20. The summed E-state index contributed by atoms with van der Waals surface area (Å²) < 4.78 is 6.57. The number of aromatic amines is 1. The summed E-state index contributed by atoms with van der Waals surface area (Å²) in [6, 6.07) is 9.13. The summed E-state index contributed by atoms with van der Waals surface area (Å²) in [5, 5.41) is 1.85. The molecule has 6 nitrogen and oxygen atoms in total. The number of hydrogen-bond acceptors (Lipinski definition) is 5. The normalized spacial score (nSPS) is 11.2. The van der Waals surface area contributed by atoms with Gasteiger partial charge in [0.1, 0.15) is 10.5 Å². The van der Waals surface area contributed by atoms with Gasteiger partial charge in [0.2, 0.25) is 0 Å². The highest BCUT2D eigenvalue weighted by atomic mass is 35.5. The maximum Gasteiger partial charge on any atom is 0.333 e. The SMILES string of the molecule is C=C(/C=C(\C(=C)Cl)c1cc2[nH]c(=O)n(-c3cncc4ccccc34)c(=O)c2s1)OC.CC. The second-order valence-electron chi connectivity index (χ2n) is 6.44. The smallest absolute Gasteiger partial charge is 0.333 e. The number of H-pyrrole nitrogens is 1. The third-order valence-electron chi connectivity index (χ3n) is 4.59. The average molecular weight is 468 g/mol. The zero-order valence-electron chi connectivity index (χ0n) is 17.9. The van der Waals surface area contributed by atoms with Gasteiger partial charge in [0, 0.05) is 32.5 Å². The zero-order valence-corrected chi connectivity index (χ0v) is 19.5. The molecule has 0 radical (unpaired) electrons. The van der Waals surface area contributed by atoms with Gasteiger partial charge in [-0.05, 0) is 12.1 Å². The van der Waals surface area contributed by atoms with E-state index in [1.807, 2.05) is 38.1 Å². The molecule has 8 heteroatoms. The molecule has 0 spiro atoms. The van der Waals surface area contributed by atoms with E-state index in [4.69, 9.17) is 16.3 Å². The Bertz CT molecular complexity index is 1470. The van der Waals surface area contributed by atoms with Crippen molar-refractivity contribution in [2.24, 2.45) is 0 Å². The number of benzene rings is 1. The van der Waals surface area contributed by atoms with Crippen molar-refractivity contribution in [2.75, 3.05) is 7.11 Å². The van der Waals surface area contributed by atoms with Crippen LogP contribution in [0.5, 0.6) is 0 Å². The molecular formula is C24H22ClN3O3S. The highest BCUT2D eigenvalue weighted by Crippen LogP contribution is 2.33. The van der Waals surface area contributed by atoms with Crippen molar-refractivity contribution in [2.45, 2.75) is 13.8 Å². The van der Waals surface area contributed by atoms with Crippen LogP contribution in [0.25, 0.3) is 32.2 Å². The van der Waals surface area contributed by atoms with Crippen LogP contribution < -0.4 is 11.2 Å². The molecule has 0 unspecified atom stereocenters. The van der Waals surface area contributed by atoms with E-state index in [0.29, 0.717) is 32.1 Å². The molecule has 3 aromatic heterocycles. The summed E-state index contributed by atoms with van der Waals surface area (Å²) in [6.45, 7) is 11.5. The lowest BCUT2D eigenvalue weighted by molar-refractivity contribution is 0.309. The molecule has 0 saturated carbocycles. The Hall–Kier alpha value is -3.42. The first-order chi connectivity index (χ1) is 15.4. The Morgan fingerprint density at radius 3 is 2.62 bits per heavy atom. The van der Waals surface area contributed by atoms with Gasteiger partial charge in [-0.15, -0.1) is 11.3 Å². The predicted molar refractivity (Wildman–Crippen MR) is 134 cm³/mol. The van der Waals surface area contributed by atoms with Crippen molar-refractivity contribution < 1.29 is 4.74 Å². The standard InChI is InChI=1S/C22H16ClN3O3S.C2H6/c1-12(29-3)8-16(13(2)23)19-9-17-20(30-19)21(27)26(22(28)25-17)18-11-24-10-14-6-4-5-7-15(14)18;1-2/h4-11H,1-2H2,3H3,(H,25,28);1-2H3/b16-8+;. The summed E-state index contributed by atoms with van der Waals surface area (Å²) in [5.74, 6) is 0.386. The number of halogens is 1. The van der Waals surface area contributed by atoms with E-state index >= 15 is 0 Å². The van der Waals surface area contributed by atoms with Crippen molar-refractivity contribution in [3.05, 3.63) is 98.5 Å².